The first-order valence-electron chi connectivity index (χ1n) is 5.24. The van der Waals surface area contributed by atoms with Crippen LogP contribution >= 0.6 is 0 Å². The lowest BCUT2D eigenvalue weighted by Crippen LogP contribution is -2.28. The zero-order valence-electron chi connectivity index (χ0n) is 10.0. The minimum Gasteiger partial charge on any atom is -0.224 e. The highest BCUT2D eigenvalue weighted by Gasteiger charge is 2.43. The van der Waals surface area contributed by atoms with Crippen LogP contribution in [0.15, 0.2) is 29.2 Å². The van der Waals surface area contributed by atoms with Crippen LogP contribution in [-0.2, 0) is 16.0 Å². The molecule has 1 atom stereocenters. The molecule has 0 saturated carbocycles. The lowest BCUT2D eigenvalue weighted by Gasteiger charge is -2.14. The average molecular weight is 331 g/mol. The molecule has 3 nitrogen and oxygen atoms in total. The average Bonchev–Trinajstić information content (AvgIpc) is 2.34. The van der Waals surface area contributed by atoms with Crippen LogP contribution < -0.4 is 0 Å². The van der Waals surface area contributed by atoms with Crippen molar-refractivity contribution in [3.05, 3.63) is 29.8 Å². The van der Waals surface area contributed by atoms with Crippen molar-refractivity contribution in [3.63, 3.8) is 0 Å². The third-order valence-corrected chi connectivity index (χ3v) is 4.24. The molecule has 21 heavy (non-hydrogen) atoms. The van der Waals surface area contributed by atoms with E-state index in [2.05, 4.69) is 0 Å². The zero-order chi connectivity index (χ0) is 16.5. The Labute approximate surface area is 115 Å². The Morgan fingerprint density at radius 2 is 1.52 bits per heavy atom. The highest BCUT2D eigenvalue weighted by molar-refractivity contribution is 7.91. The van der Waals surface area contributed by atoms with Crippen molar-refractivity contribution in [2.24, 2.45) is 5.92 Å². The highest BCUT2D eigenvalue weighted by Crippen LogP contribution is 2.31. The standard InChI is InChI=1S/C11H7F6NO2S/c12-10(13,14)7-1-3-9(4-2-7)21(19,20)6-8(5-18)11(15,16)17/h1-4,8H,6H2. The summed E-state index contributed by atoms with van der Waals surface area (Å²) in [6, 6.07) is 2.83. The second kappa shape index (κ2) is 5.55. The largest absolute Gasteiger partial charge is 0.416 e. The van der Waals surface area contributed by atoms with Crippen LogP contribution in [-0.4, -0.2) is 20.3 Å². The summed E-state index contributed by atoms with van der Waals surface area (Å²) in [6.07, 6.45) is -9.73. The van der Waals surface area contributed by atoms with Gasteiger partial charge in [-0.05, 0) is 24.3 Å². The molecule has 0 saturated heterocycles. The van der Waals surface area contributed by atoms with Crippen LogP contribution in [0.3, 0.4) is 0 Å². The number of hydrogen-bond acceptors (Lipinski definition) is 3. The van der Waals surface area contributed by atoms with E-state index in [9.17, 15) is 34.8 Å². The molecule has 116 valence electrons. The van der Waals surface area contributed by atoms with Crippen LogP contribution in [0, 0.1) is 17.2 Å². The van der Waals surface area contributed by atoms with Crippen molar-refractivity contribution >= 4 is 9.84 Å². The van der Waals surface area contributed by atoms with E-state index in [0.717, 1.165) is 6.07 Å². The lowest BCUT2D eigenvalue weighted by atomic mass is 10.2. The molecule has 0 heterocycles. The molecule has 0 spiro atoms. The topological polar surface area (TPSA) is 57.9 Å². The summed E-state index contributed by atoms with van der Waals surface area (Å²) in [4.78, 5) is -0.708. The Kier molecular flexibility index (Phi) is 4.57. The SMILES string of the molecule is N#CC(CS(=O)(=O)c1ccc(C(F)(F)F)cc1)C(F)(F)F. The van der Waals surface area contributed by atoms with Gasteiger partial charge in [0.25, 0.3) is 0 Å². The van der Waals surface area contributed by atoms with E-state index in [1.165, 1.54) is 0 Å². The molecule has 0 radical (unpaired) electrons. The summed E-state index contributed by atoms with van der Waals surface area (Å²) in [5.41, 5.74) is -1.13. The van der Waals surface area contributed by atoms with Gasteiger partial charge >= 0.3 is 12.4 Å². The van der Waals surface area contributed by atoms with E-state index in [4.69, 9.17) is 5.26 Å². The fraction of sp³-hybridized carbons (Fsp3) is 0.364. The third-order valence-electron chi connectivity index (χ3n) is 2.48. The number of alkyl halides is 6. The summed E-state index contributed by atoms with van der Waals surface area (Å²) in [6.45, 7) is 0. The van der Waals surface area contributed by atoms with Gasteiger partial charge in [0.15, 0.2) is 15.8 Å². The van der Waals surface area contributed by atoms with Crippen molar-refractivity contribution in [3.8, 4) is 6.07 Å². The molecule has 10 heteroatoms. The fourth-order valence-corrected chi connectivity index (χ4v) is 2.82. The first-order valence-corrected chi connectivity index (χ1v) is 6.89. The Morgan fingerprint density at radius 3 is 1.86 bits per heavy atom. The second-order valence-electron chi connectivity index (χ2n) is 4.03. The lowest BCUT2D eigenvalue weighted by molar-refractivity contribution is -0.153. The van der Waals surface area contributed by atoms with Gasteiger partial charge in [0, 0.05) is 0 Å². The maximum absolute atomic E-state index is 12.4. The highest BCUT2D eigenvalue weighted by atomic mass is 32.2. The van der Waals surface area contributed by atoms with E-state index in [-0.39, 0.29) is 0 Å². The number of nitriles is 1. The molecule has 0 amide bonds. The van der Waals surface area contributed by atoms with Crippen LogP contribution in [0.4, 0.5) is 26.3 Å². The molecule has 0 aliphatic carbocycles. The number of nitrogens with zero attached hydrogens (tertiary/aromatic N) is 1. The molecule has 1 rings (SSSR count). The van der Waals surface area contributed by atoms with Gasteiger partial charge in [-0.1, -0.05) is 0 Å². The molecule has 0 N–H and O–H groups in total. The molecule has 0 aromatic heterocycles. The monoisotopic (exact) mass is 331 g/mol. The van der Waals surface area contributed by atoms with Gasteiger partial charge in [-0.15, -0.1) is 0 Å². The van der Waals surface area contributed by atoms with E-state index >= 15 is 0 Å². The summed E-state index contributed by atoms with van der Waals surface area (Å²) >= 11 is 0. The Bertz CT molecular complexity index is 639. The van der Waals surface area contributed by atoms with Gasteiger partial charge in [-0.25, -0.2) is 8.42 Å². The molecular formula is C11H7F6NO2S. The van der Waals surface area contributed by atoms with Crippen molar-refractivity contribution in [1.29, 1.82) is 5.26 Å². The summed E-state index contributed by atoms with van der Waals surface area (Å²) in [7, 11) is -4.53. The molecule has 1 aromatic carbocycles. The summed E-state index contributed by atoms with van der Waals surface area (Å²) in [5, 5.41) is 8.34. The van der Waals surface area contributed by atoms with Gasteiger partial charge in [-0.3, -0.25) is 0 Å². The van der Waals surface area contributed by atoms with Gasteiger partial charge in [0.05, 0.1) is 22.3 Å². The Hall–Kier alpha value is -1.76. The molecule has 0 aliphatic rings. The third kappa shape index (κ3) is 4.35. The van der Waals surface area contributed by atoms with E-state index in [1.807, 2.05) is 0 Å². The first-order chi connectivity index (χ1) is 9.38. The fourth-order valence-electron chi connectivity index (χ4n) is 1.37. The summed E-state index contributed by atoms with van der Waals surface area (Å²) < 4.78 is 97.3. The van der Waals surface area contributed by atoms with Gasteiger partial charge in [-0.2, -0.15) is 31.6 Å². The maximum Gasteiger partial charge on any atom is 0.416 e. The van der Waals surface area contributed by atoms with E-state index in [1.54, 1.807) is 0 Å². The van der Waals surface area contributed by atoms with Crippen molar-refractivity contribution in [1.82, 2.24) is 0 Å². The minimum atomic E-state index is -5.03. The molecule has 1 aromatic rings. The molecular weight excluding hydrogens is 324 g/mol. The number of hydrogen-bond donors (Lipinski definition) is 0. The predicted molar refractivity (Wildman–Crippen MR) is 58.7 cm³/mol. The zero-order valence-corrected chi connectivity index (χ0v) is 10.9. The quantitative estimate of drug-likeness (QED) is 0.799. The molecule has 0 bridgehead atoms. The van der Waals surface area contributed by atoms with Gasteiger partial charge in [0.1, 0.15) is 0 Å². The number of sulfone groups is 1. The number of halogens is 6. The van der Waals surface area contributed by atoms with Gasteiger partial charge < -0.3 is 0 Å². The minimum absolute atomic E-state index is 0.446. The second-order valence-corrected chi connectivity index (χ2v) is 6.06. The Balaban J connectivity index is 3.07. The number of rotatable bonds is 3. The Morgan fingerprint density at radius 1 is 1.05 bits per heavy atom. The maximum atomic E-state index is 12.4. The van der Waals surface area contributed by atoms with Crippen molar-refractivity contribution < 1.29 is 34.8 Å². The molecule has 0 fully saturated rings. The van der Waals surface area contributed by atoms with Crippen molar-refractivity contribution in [2.75, 3.05) is 5.75 Å². The van der Waals surface area contributed by atoms with Gasteiger partial charge in [0.2, 0.25) is 0 Å². The van der Waals surface area contributed by atoms with Crippen LogP contribution in [0.1, 0.15) is 5.56 Å². The van der Waals surface area contributed by atoms with E-state index in [0.29, 0.717) is 24.3 Å². The predicted octanol–water partition coefficient (Wildman–Crippen LogP) is 3.18. The normalized spacial score (nSPS) is 14.5. The van der Waals surface area contributed by atoms with E-state index < -0.39 is 44.3 Å². The van der Waals surface area contributed by atoms with Crippen molar-refractivity contribution in [2.45, 2.75) is 17.2 Å². The first kappa shape index (κ1) is 17.3. The molecule has 0 aliphatic heterocycles. The smallest absolute Gasteiger partial charge is 0.224 e. The molecule has 1 unspecified atom stereocenters. The summed E-state index contributed by atoms with van der Waals surface area (Å²) in [5.74, 6) is -4.29. The van der Waals surface area contributed by atoms with Crippen LogP contribution in [0.2, 0.25) is 0 Å². The number of benzene rings is 1. The van der Waals surface area contributed by atoms with Crippen LogP contribution in [0.25, 0.3) is 0 Å². The van der Waals surface area contributed by atoms with Crippen LogP contribution in [0.5, 0.6) is 0 Å².